The van der Waals surface area contributed by atoms with Crippen molar-refractivity contribution in [2.45, 2.75) is 52.1 Å². The molecule has 1 N–H and O–H groups in total. The number of hydrogen-bond donors (Lipinski definition) is 1. The quantitative estimate of drug-likeness (QED) is 0.842. The molecule has 0 saturated carbocycles. The number of anilines is 1. The van der Waals surface area contributed by atoms with Crippen LogP contribution in [0.3, 0.4) is 0 Å². The van der Waals surface area contributed by atoms with Crippen molar-refractivity contribution in [3.05, 3.63) is 17.1 Å². The molecule has 1 aliphatic carbocycles. The Kier molecular flexibility index (Phi) is 4.53. The summed E-state index contributed by atoms with van der Waals surface area (Å²) in [4.78, 5) is 9.38. The lowest BCUT2D eigenvalue weighted by molar-refractivity contribution is 0.0493. The molecule has 1 unspecified atom stereocenters. The fourth-order valence-corrected chi connectivity index (χ4v) is 2.55. The number of aryl methyl sites for hydroxylation is 1. The van der Waals surface area contributed by atoms with Crippen LogP contribution in [-0.2, 0) is 17.6 Å². The maximum absolute atomic E-state index is 5.77. The van der Waals surface area contributed by atoms with E-state index in [9.17, 15) is 0 Å². The van der Waals surface area contributed by atoms with Crippen LogP contribution in [0.1, 0.15) is 56.3 Å². The molecule has 0 saturated heterocycles. The zero-order chi connectivity index (χ0) is 13.0. The van der Waals surface area contributed by atoms with Crippen molar-refractivity contribution in [2.24, 2.45) is 0 Å². The van der Waals surface area contributed by atoms with Crippen molar-refractivity contribution in [1.82, 2.24) is 9.97 Å². The second-order valence-electron chi connectivity index (χ2n) is 4.69. The van der Waals surface area contributed by atoms with Crippen molar-refractivity contribution in [2.75, 3.05) is 19.0 Å². The largest absolute Gasteiger partial charge is 0.373 e. The number of nitrogens with one attached hydrogen (secondary N) is 1. The summed E-state index contributed by atoms with van der Waals surface area (Å²) in [5, 5.41) is 3.20. The maximum Gasteiger partial charge on any atom is 0.159 e. The van der Waals surface area contributed by atoms with E-state index in [-0.39, 0.29) is 6.10 Å². The average Bonchev–Trinajstić information content (AvgIpc) is 2.85. The monoisotopic (exact) mass is 249 g/mol. The summed E-state index contributed by atoms with van der Waals surface area (Å²) in [6, 6.07) is 0. The number of rotatable bonds is 6. The molecule has 4 nitrogen and oxygen atoms in total. The fraction of sp³-hybridized carbons (Fsp3) is 0.714. The molecule has 2 rings (SSSR count). The molecule has 1 aromatic rings. The molecule has 0 spiro atoms. The van der Waals surface area contributed by atoms with Gasteiger partial charge in [0.1, 0.15) is 11.9 Å². The fourth-order valence-electron chi connectivity index (χ4n) is 2.55. The van der Waals surface area contributed by atoms with Gasteiger partial charge >= 0.3 is 0 Å². The van der Waals surface area contributed by atoms with Gasteiger partial charge in [0.2, 0.25) is 0 Å². The van der Waals surface area contributed by atoms with Crippen LogP contribution in [0.5, 0.6) is 0 Å². The Morgan fingerprint density at radius 1 is 1.28 bits per heavy atom. The van der Waals surface area contributed by atoms with Crippen LogP contribution in [0.15, 0.2) is 0 Å². The minimum absolute atomic E-state index is 0.0398. The zero-order valence-corrected chi connectivity index (χ0v) is 11.6. The van der Waals surface area contributed by atoms with Crippen molar-refractivity contribution in [3.8, 4) is 0 Å². The highest BCUT2D eigenvalue weighted by atomic mass is 16.5. The van der Waals surface area contributed by atoms with Gasteiger partial charge in [0.25, 0.3) is 0 Å². The van der Waals surface area contributed by atoms with Crippen molar-refractivity contribution in [1.29, 1.82) is 0 Å². The second-order valence-corrected chi connectivity index (χ2v) is 4.69. The van der Waals surface area contributed by atoms with Gasteiger partial charge in [-0.2, -0.15) is 0 Å². The Morgan fingerprint density at radius 3 is 2.78 bits per heavy atom. The molecule has 0 aromatic carbocycles. The molecule has 1 aliphatic rings. The zero-order valence-electron chi connectivity index (χ0n) is 11.6. The Balaban J connectivity index is 2.32. The molecule has 1 heterocycles. The maximum atomic E-state index is 5.77. The number of hydrogen-bond acceptors (Lipinski definition) is 4. The lowest BCUT2D eigenvalue weighted by Gasteiger charge is -2.17. The standard InChI is InChI=1S/C14H23N3O/c1-4-7-12(18-5-2)14-16-11-9-6-8-10(11)13(15-3)17-14/h12H,4-9H2,1-3H3,(H,15,16,17). The molecular formula is C14H23N3O. The number of fused-ring (bicyclic) bond motifs is 1. The third-order valence-electron chi connectivity index (χ3n) is 3.39. The Hall–Kier alpha value is -1.16. The molecule has 0 radical (unpaired) electrons. The summed E-state index contributed by atoms with van der Waals surface area (Å²) in [6.45, 7) is 4.90. The van der Waals surface area contributed by atoms with Crippen LogP contribution < -0.4 is 5.32 Å². The van der Waals surface area contributed by atoms with Gasteiger partial charge in [-0.1, -0.05) is 13.3 Å². The van der Waals surface area contributed by atoms with Gasteiger partial charge in [-0.3, -0.25) is 0 Å². The smallest absolute Gasteiger partial charge is 0.159 e. The van der Waals surface area contributed by atoms with Gasteiger partial charge in [-0.25, -0.2) is 9.97 Å². The second kappa shape index (κ2) is 6.14. The van der Waals surface area contributed by atoms with Gasteiger partial charge in [0.15, 0.2) is 5.82 Å². The highest BCUT2D eigenvalue weighted by Gasteiger charge is 2.22. The van der Waals surface area contributed by atoms with Crippen molar-refractivity contribution >= 4 is 5.82 Å². The lowest BCUT2D eigenvalue weighted by atomic mass is 10.1. The van der Waals surface area contributed by atoms with E-state index in [0.29, 0.717) is 6.61 Å². The molecule has 4 heteroatoms. The van der Waals surface area contributed by atoms with Gasteiger partial charge in [-0.05, 0) is 32.6 Å². The van der Waals surface area contributed by atoms with Crippen LogP contribution in [-0.4, -0.2) is 23.6 Å². The van der Waals surface area contributed by atoms with Crippen molar-refractivity contribution in [3.63, 3.8) is 0 Å². The molecule has 18 heavy (non-hydrogen) atoms. The third-order valence-corrected chi connectivity index (χ3v) is 3.39. The normalized spacial score (nSPS) is 15.5. The summed E-state index contributed by atoms with van der Waals surface area (Å²) < 4.78 is 5.77. The third kappa shape index (κ3) is 2.64. The Labute approximate surface area is 109 Å². The summed E-state index contributed by atoms with van der Waals surface area (Å²) in [5.74, 6) is 1.84. The van der Waals surface area contributed by atoms with E-state index in [1.807, 2.05) is 14.0 Å². The topological polar surface area (TPSA) is 47.0 Å². The van der Waals surface area contributed by atoms with Gasteiger partial charge in [0, 0.05) is 24.9 Å². The molecule has 100 valence electrons. The first-order valence-corrected chi connectivity index (χ1v) is 6.99. The SMILES string of the molecule is CCCC(OCC)c1nc2c(c(NC)n1)CCC2. The van der Waals surface area contributed by atoms with Crippen molar-refractivity contribution < 1.29 is 4.74 Å². The predicted molar refractivity (Wildman–Crippen MR) is 72.9 cm³/mol. The predicted octanol–water partition coefficient (Wildman–Crippen LogP) is 2.88. The minimum atomic E-state index is 0.0398. The van der Waals surface area contributed by atoms with Crippen LogP contribution >= 0.6 is 0 Å². The number of nitrogens with zero attached hydrogens (tertiary/aromatic N) is 2. The van der Waals surface area contributed by atoms with Crippen LogP contribution in [0.25, 0.3) is 0 Å². The van der Waals surface area contributed by atoms with Gasteiger partial charge in [0.05, 0.1) is 0 Å². The van der Waals surface area contributed by atoms with Gasteiger partial charge < -0.3 is 10.1 Å². The van der Waals surface area contributed by atoms with E-state index in [4.69, 9.17) is 9.72 Å². The summed E-state index contributed by atoms with van der Waals surface area (Å²) in [7, 11) is 1.93. The number of aromatic nitrogens is 2. The van der Waals surface area contributed by atoms with Gasteiger partial charge in [-0.15, -0.1) is 0 Å². The van der Waals surface area contributed by atoms with E-state index in [1.165, 1.54) is 17.7 Å². The first kappa shape index (κ1) is 13.3. The first-order valence-electron chi connectivity index (χ1n) is 6.99. The molecule has 0 bridgehead atoms. The van der Waals surface area contributed by atoms with E-state index in [1.54, 1.807) is 0 Å². The summed E-state index contributed by atoms with van der Waals surface area (Å²) in [6.07, 6.45) is 5.46. The highest BCUT2D eigenvalue weighted by molar-refractivity contribution is 5.48. The van der Waals surface area contributed by atoms with E-state index >= 15 is 0 Å². The van der Waals surface area contributed by atoms with E-state index in [0.717, 1.165) is 37.3 Å². The molecule has 0 aliphatic heterocycles. The first-order chi connectivity index (χ1) is 8.80. The molecule has 1 aromatic heterocycles. The Morgan fingerprint density at radius 2 is 2.11 bits per heavy atom. The highest BCUT2D eigenvalue weighted by Crippen LogP contribution is 2.29. The minimum Gasteiger partial charge on any atom is -0.373 e. The summed E-state index contributed by atoms with van der Waals surface area (Å²) in [5.41, 5.74) is 2.51. The number of ether oxygens (including phenoxy) is 1. The average molecular weight is 249 g/mol. The molecular weight excluding hydrogens is 226 g/mol. The van der Waals surface area contributed by atoms with E-state index < -0.39 is 0 Å². The Bertz CT molecular complexity index is 400. The molecule has 1 atom stereocenters. The van der Waals surface area contributed by atoms with Crippen LogP contribution in [0.2, 0.25) is 0 Å². The molecule has 0 fully saturated rings. The molecule has 0 amide bonds. The van der Waals surface area contributed by atoms with E-state index in [2.05, 4.69) is 17.2 Å². The lowest BCUT2D eigenvalue weighted by Crippen LogP contribution is -2.12. The summed E-state index contributed by atoms with van der Waals surface area (Å²) >= 11 is 0. The van der Waals surface area contributed by atoms with Crippen LogP contribution in [0.4, 0.5) is 5.82 Å². The van der Waals surface area contributed by atoms with Crippen LogP contribution in [0, 0.1) is 0 Å².